The molecule has 218 valence electrons. The summed E-state index contributed by atoms with van der Waals surface area (Å²) in [5, 5.41) is 4.99. The molecule has 2 aliphatic heterocycles. The molecule has 2 aliphatic rings. The Morgan fingerprint density at radius 1 is 0.805 bits per heavy atom. The fraction of sp³-hybridized carbons (Fsp3) is 0.517. The maximum atomic E-state index is 10.9. The van der Waals surface area contributed by atoms with E-state index >= 15 is 0 Å². The minimum absolute atomic E-state index is 0.182. The summed E-state index contributed by atoms with van der Waals surface area (Å²) in [6, 6.07) is 0. The Morgan fingerprint density at radius 2 is 1.29 bits per heavy atom. The van der Waals surface area contributed by atoms with Crippen molar-refractivity contribution in [3.05, 3.63) is 32.0 Å². The quantitative estimate of drug-likeness (QED) is 0.168. The van der Waals surface area contributed by atoms with Gasteiger partial charge in [-0.25, -0.2) is 9.97 Å². The van der Waals surface area contributed by atoms with E-state index in [4.69, 9.17) is 23.2 Å². The van der Waals surface area contributed by atoms with Crippen molar-refractivity contribution in [1.82, 2.24) is 19.9 Å². The second-order valence-corrected chi connectivity index (χ2v) is 13.8. The Kier molecular flexibility index (Phi) is 9.43. The van der Waals surface area contributed by atoms with Crippen molar-refractivity contribution in [1.29, 1.82) is 0 Å². The molecule has 0 atom stereocenters. The molecule has 2 fully saturated rings. The molecule has 4 aromatic heterocycles. The number of aldehydes is 2. The van der Waals surface area contributed by atoms with Gasteiger partial charge >= 0.3 is 0 Å². The lowest BCUT2D eigenvalue weighted by Gasteiger charge is -2.31. The molecule has 8 nitrogen and oxygen atoms in total. The molecular weight excluding hydrogens is 599 g/mol. The lowest BCUT2D eigenvalue weighted by molar-refractivity contribution is -0.112. The molecule has 41 heavy (non-hydrogen) atoms. The van der Waals surface area contributed by atoms with Crippen LogP contribution in [0.15, 0.2) is 5.38 Å². The summed E-state index contributed by atoms with van der Waals surface area (Å²) in [6.07, 6.45) is 5.68. The SMILES string of the molecule is CC(C)c1csc2nc(Cl)nc(N3CCC(C=O)CC3)c12.Cc1sc2nc(Cl)nc(N3CCC(C=O)CC3)c2c1C. The molecule has 0 N–H and O–H groups in total. The molecule has 6 heterocycles. The van der Waals surface area contributed by atoms with Crippen LogP contribution in [0.4, 0.5) is 11.6 Å². The van der Waals surface area contributed by atoms with E-state index in [1.807, 2.05) is 0 Å². The van der Waals surface area contributed by atoms with Crippen LogP contribution in [0.3, 0.4) is 0 Å². The molecular formula is C29H34Cl2N6O2S2. The Bertz CT molecular complexity index is 1560. The number of hydrogen-bond acceptors (Lipinski definition) is 10. The second kappa shape index (κ2) is 12.9. The van der Waals surface area contributed by atoms with E-state index in [0.29, 0.717) is 16.5 Å². The van der Waals surface area contributed by atoms with Gasteiger partial charge in [0.15, 0.2) is 0 Å². The van der Waals surface area contributed by atoms with Gasteiger partial charge < -0.3 is 19.4 Å². The standard InChI is InChI=1S/C15H18ClN3OS.C14H16ClN3OS/c1-9(2)11-8-21-14-12(11)13(17-15(16)18-14)19-5-3-10(7-20)4-6-19;1-8-9(2)20-13-11(8)12(16-14(15)17-13)18-5-3-10(7-19)4-6-18/h7-10H,3-6H2,1-2H3;7,10H,3-6H2,1-2H3. The number of carbonyl (C=O) groups excluding carboxylic acids is 2. The predicted octanol–water partition coefficient (Wildman–Crippen LogP) is 7.26. The molecule has 4 aromatic rings. The van der Waals surface area contributed by atoms with Gasteiger partial charge in [0.2, 0.25) is 10.6 Å². The zero-order valence-corrected chi connectivity index (χ0v) is 26.8. The van der Waals surface area contributed by atoms with E-state index < -0.39 is 0 Å². The van der Waals surface area contributed by atoms with Crippen LogP contribution in [-0.4, -0.2) is 58.7 Å². The van der Waals surface area contributed by atoms with Crippen LogP contribution in [0, 0.1) is 25.7 Å². The third kappa shape index (κ3) is 6.35. The van der Waals surface area contributed by atoms with E-state index in [0.717, 1.165) is 96.5 Å². The summed E-state index contributed by atoms with van der Waals surface area (Å²) >= 11 is 15.4. The Hall–Kier alpha value is -2.40. The number of carbonyl (C=O) groups is 2. The third-order valence-corrected chi connectivity index (χ3v) is 10.4. The summed E-state index contributed by atoms with van der Waals surface area (Å²) in [5.41, 5.74) is 2.51. The van der Waals surface area contributed by atoms with Crippen molar-refractivity contribution in [2.45, 2.75) is 59.3 Å². The van der Waals surface area contributed by atoms with Crippen LogP contribution < -0.4 is 9.80 Å². The summed E-state index contributed by atoms with van der Waals surface area (Å²) in [4.78, 5) is 47.0. The lowest BCUT2D eigenvalue weighted by atomic mass is 9.98. The van der Waals surface area contributed by atoms with Gasteiger partial charge in [0.25, 0.3) is 0 Å². The molecule has 0 unspecified atom stereocenters. The fourth-order valence-electron chi connectivity index (χ4n) is 5.50. The minimum Gasteiger partial charge on any atom is -0.356 e. The maximum Gasteiger partial charge on any atom is 0.225 e. The molecule has 0 saturated carbocycles. The molecule has 2 saturated heterocycles. The Labute approximate surface area is 258 Å². The first-order valence-electron chi connectivity index (χ1n) is 14.0. The molecule has 6 rings (SSSR count). The molecule has 0 radical (unpaired) electrons. The highest BCUT2D eigenvalue weighted by Gasteiger charge is 2.25. The molecule has 0 aromatic carbocycles. The van der Waals surface area contributed by atoms with Crippen molar-refractivity contribution in [3.8, 4) is 0 Å². The van der Waals surface area contributed by atoms with E-state index in [9.17, 15) is 9.59 Å². The van der Waals surface area contributed by atoms with E-state index in [-0.39, 0.29) is 11.8 Å². The van der Waals surface area contributed by atoms with Crippen LogP contribution in [-0.2, 0) is 9.59 Å². The van der Waals surface area contributed by atoms with Crippen LogP contribution in [0.25, 0.3) is 20.4 Å². The summed E-state index contributed by atoms with van der Waals surface area (Å²) < 4.78 is 0. The second-order valence-electron chi connectivity index (χ2n) is 11.0. The van der Waals surface area contributed by atoms with Crippen molar-refractivity contribution >= 4 is 90.5 Å². The topological polar surface area (TPSA) is 92.2 Å². The Morgan fingerprint density at radius 3 is 1.78 bits per heavy atom. The van der Waals surface area contributed by atoms with Crippen molar-refractivity contribution in [2.75, 3.05) is 36.0 Å². The van der Waals surface area contributed by atoms with Crippen LogP contribution in [0.2, 0.25) is 10.6 Å². The van der Waals surface area contributed by atoms with Crippen molar-refractivity contribution in [2.24, 2.45) is 11.8 Å². The summed E-state index contributed by atoms with van der Waals surface area (Å²) in [5.74, 6) is 2.64. The monoisotopic (exact) mass is 632 g/mol. The highest BCUT2D eigenvalue weighted by molar-refractivity contribution is 7.19. The van der Waals surface area contributed by atoms with Crippen LogP contribution >= 0.6 is 45.9 Å². The first kappa shape index (κ1) is 30.1. The van der Waals surface area contributed by atoms with Gasteiger partial charge in [0.05, 0.1) is 10.8 Å². The number of piperidine rings is 2. The van der Waals surface area contributed by atoms with Gasteiger partial charge in [-0.2, -0.15) is 9.97 Å². The highest BCUT2D eigenvalue weighted by Crippen LogP contribution is 2.38. The molecule has 0 spiro atoms. The smallest absolute Gasteiger partial charge is 0.225 e. The number of fused-ring (bicyclic) bond motifs is 2. The molecule has 12 heteroatoms. The minimum atomic E-state index is 0.182. The van der Waals surface area contributed by atoms with Gasteiger partial charge in [0, 0.05) is 42.9 Å². The normalized spacial score (nSPS) is 16.9. The first-order valence-corrected chi connectivity index (χ1v) is 16.4. The number of thiophene rings is 2. The highest BCUT2D eigenvalue weighted by atomic mass is 35.5. The number of aromatic nitrogens is 4. The van der Waals surface area contributed by atoms with Crippen molar-refractivity contribution < 1.29 is 9.59 Å². The number of nitrogens with zero attached hydrogens (tertiary/aromatic N) is 6. The number of anilines is 2. The van der Waals surface area contributed by atoms with E-state index in [2.05, 4.69) is 62.8 Å². The lowest BCUT2D eigenvalue weighted by Crippen LogP contribution is -2.34. The van der Waals surface area contributed by atoms with Gasteiger partial charge in [-0.15, -0.1) is 22.7 Å². The summed E-state index contributed by atoms with van der Waals surface area (Å²) in [6.45, 7) is 11.9. The number of hydrogen-bond donors (Lipinski definition) is 0. The first-order chi connectivity index (χ1) is 19.7. The van der Waals surface area contributed by atoms with Gasteiger partial charge in [-0.05, 0) is 85.2 Å². The maximum absolute atomic E-state index is 10.9. The van der Waals surface area contributed by atoms with Gasteiger partial charge in [0.1, 0.15) is 33.9 Å². The molecule has 0 amide bonds. The van der Waals surface area contributed by atoms with Crippen molar-refractivity contribution in [3.63, 3.8) is 0 Å². The average molecular weight is 634 g/mol. The average Bonchev–Trinajstić information content (AvgIpc) is 3.52. The largest absolute Gasteiger partial charge is 0.356 e. The molecule has 0 aliphatic carbocycles. The Balaban J connectivity index is 0.000000165. The van der Waals surface area contributed by atoms with Gasteiger partial charge in [-0.1, -0.05) is 13.8 Å². The number of aryl methyl sites for hydroxylation is 2. The zero-order chi connectivity index (χ0) is 29.3. The number of rotatable bonds is 5. The fourth-order valence-corrected chi connectivity index (χ4v) is 8.05. The third-order valence-electron chi connectivity index (χ3n) is 8.08. The summed E-state index contributed by atoms with van der Waals surface area (Å²) in [7, 11) is 0. The predicted molar refractivity (Wildman–Crippen MR) is 170 cm³/mol. The zero-order valence-electron chi connectivity index (χ0n) is 23.7. The molecule has 0 bridgehead atoms. The van der Waals surface area contributed by atoms with Crippen LogP contribution in [0.5, 0.6) is 0 Å². The van der Waals surface area contributed by atoms with Crippen LogP contribution in [0.1, 0.15) is 61.5 Å². The van der Waals surface area contributed by atoms with E-state index in [1.165, 1.54) is 16.0 Å². The number of halogens is 2. The van der Waals surface area contributed by atoms with Gasteiger partial charge in [-0.3, -0.25) is 0 Å². The van der Waals surface area contributed by atoms with E-state index in [1.54, 1.807) is 22.7 Å².